The van der Waals surface area contributed by atoms with Crippen molar-refractivity contribution in [2.45, 2.75) is 27.2 Å². The maximum Gasteiger partial charge on any atom is 0.307 e. The molecule has 4 unspecified atom stereocenters. The molecular weight excluding hydrogens is 152 g/mol. The number of carboxylic acids is 1. The third kappa shape index (κ3) is 0.900. The Morgan fingerprint density at radius 2 is 2.00 bits per heavy atom. The van der Waals surface area contributed by atoms with E-state index in [1.54, 1.807) is 0 Å². The van der Waals surface area contributed by atoms with Crippen molar-refractivity contribution in [1.29, 1.82) is 0 Å². The summed E-state index contributed by atoms with van der Waals surface area (Å²) in [5.41, 5.74) is 0.0707. The molecule has 4 atom stereocenters. The molecule has 0 bridgehead atoms. The van der Waals surface area contributed by atoms with Crippen LogP contribution in [0.15, 0.2) is 0 Å². The SMILES string of the molecule is CC1CC1C1C(C(=O)O)C1(C)C. The van der Waals surface area contributed by atoms with E-state index in [0.29, 0.717) is 11.8 Å². The molecule has 2 heteroatoms. The van der Waals surface area contributed by atoms with E-state index < -0.39 is 5.97 Å². The van der Waals surface area contributed by atoms with Gasteiger partial charge in [-0.3, -0.25) is 4.79 Å². The fraction of sp³-hybridized carbons (Fsp3) is 0.900. The molecule has 2 aliphatic rings. The zero-order valence-electron chi connectivity index (χ0n) is 7.87. The Bertz CT molecular complexity index is 232. The van der Waals surface area contributed by atoms with Crippen molar-refractivity contribution in [1.82, 2.24) is 0 Å². The van der Waals surface area contributed by atoms with Gasteiger partial charge in [-0.15, -0.1) is 0 Å². The van der Waals surface area contributed by atoms with Gasteiger partial charge >= 0.3 is 5.97 Å². The number of hydrogen-bond acceptors (Lipinski definition) is 1. The summed E-state index contributed by atoms with van der Waals surface area (Å²) in [4.78, 5) is 10.8. The molecule has 0 aromatic rings. The second-order valence-corrected chi connectivity index (χ2v) is 5.04. The summed E-state index contributed by atoms with van der Waals surface area (Å²) in [6.45, 7) is 6.39. The van der Waals surface area contributed by atoms with Crippen molar-refractivity contribution in [3.05, 3.63) is 0 Å². The Labute approximate surface area is 73.0 Å². The molecule has 0 aliphatic heterocycles. The van der Waals surface area contributed by atoms with Gasteiger partial charge in [-0.1, -0.05) is 20.8 Å². The molecule has 68 valence electrons. The molecule has 2 rings (SSSR count). The molecule has 2 fully saturated rings. The molecule has 2 nitrogen and oxygen atoms in total. The highest BCUT2D eigenvalue weighted by Crippen LogP contribution is 2.68. The van der Waals surface area contributed by atoms with Gasteiger partial charge in [-0.2, -0.15) is 0 Å². The molecule has 0 aromatic carbocycles. The maximum absolute atomic E-state index is 10.8. The summed E-state index contributed by atoms with van der Waals surface area (Å²) in [7, 11) is 0. The lowest BCUT2D eigenvalue weighted by Gasteiger charge is -1.98. The van der Waals surface area contributed by atoms with E-state index in [0.717, 1.165) is 5.92 Å². The largest absolute Gasteiger partial charge is 0.481 e. The van der Waals surface area contributed by atoms with Crippen LogP contribution < -0.4 is 0 Å². The van der Waals surface area contributed by atoms with Crippen LogP contribution in [-0.2, 0) is 4.79 Å². The molecule has 0 heterocycles. The fourth-order valence-electron chi connectivity index (χ4n) is 2.80. The van der Waals surface area contributed by atoms with Crippen LogP contribution in [0.5, 0.6) is 0 Å². The first-order valence-electron chi connectivity index (χ1n) is 4.69. The average molecular weight is 168 g/mol. The first-order valence-corrected chi connectivity index (χ1v) is 4.69. The average Bonchev–Trinajstić information content (AvgIpc) is 2.70. The van der Waals surface area contributed by atoms with E-state index in [9.17, 15) is 4.79 Å². The number of carboxylic acid groups (broad SMARTS) is 1. The molecule has 2 aliphatic carbocycles. The zero-order valence-corrected chi connectivity index (χ0v) is 7.87. The van der Waals surface area contributed by atoms with E-state index in [4.69, 9.17) is 5.11 Å². The van der Waals surface area contributed by atoms with Gasteiger partial charge in [-0.25, -0.2) is 0 Å². The van der Waals surface area contributed by atoms with Crippen LogP contribution in [0.2, 0.25) is 0 Å². The Balaban J connectivity index is 2.06. The normalized spacial score (nSPS) is 48.6. The van der Waals surface area contributed by atoms with Crippen molar-refractivity contribution >= 4 is 5.97 Å². The zero-order chi connectivity index (χ0) is 9.09. The van der Waals surface area contributed by atoms with Crippen molar-refractivity contribution in [3.8, 4) is 0 Å². The molecule has 0 amide bonds. The Morgan fingerprint density at radius 1 is 1.50 bits per heavy atom. The second-order valence-electron chi connectivity index (χ2n) is 5.04. The maximum atomic E-state index is 10.8. The van der Waals surface area contributed by atoms with Gasteiger partial charge in [0.05, 0.1) is 5.92 Å². The van der Waals surface area contributed by atoms with Crippen molar-refractivity contribution in [2.75, 3.05) is 0 Å². The van der Waals surface area contributed by atoms with Crippen molar-refractivity contribution in [2.24, 2.45) is 29.1 Å². The van der Waals surface area contributed by atoms with Gasteiger partial charge in [0.25, 0.3) is 0 Å². The monoisotopic (exact) mass is 168 g/mol. The van der Waals surface area contributed by atoms with Crippen LogP contribution in [0.3, 0.4) is 0 Å². The van der Waals surface area contributed by atoms with Gasteiger partial charge in [0, 0.05) is 0 Å². The number of aliphatic carboxylic acids is 1. The highest BCUT2D eigenvalue weighted by atomic mass is 16.4. The van der Waals surface area contributed by atoms with Gasteiger partial charge in [-0.05, 0) is 29.6 Å². The van der Waals surface area contributed by atoms with Gasteiger partial charge < -0.3 is 5.11 Å². The molecule has 12 heavy (non-hydrogen) atoms. The van der Waals surface area contributed by atoms with E-state index in [1.165, 1.54) is 6.42 Å². The Morgan fingerprint density at radius 3 is 2.25 bits per heavy atom. The lowest BCUT2D eigenvalue weighted by Crippen LogP contribution is -2.03. The summed E-state index contributed by atoms with van der Waals surface area (Å²) in [5.74, 6) is 1.29. The predicted octanol–water partition coefficient (Wildman–Crippen LogP) is 2.00. The smallest absolute Gasteiger partial charge is 0.307 e. The molecule has 0 aromatic heterocycles. The van der Waals surface area contributed by atoms with E-state index in [-0.39, 0.29) is 11.3 Å². The van der Waals surface area contributed by atoms with Crippen LogP contribution in [0.4, 0.5) is 0 Å². The third-order valence-corrected chi connectivity index (χ3v) is 3.81. The summed E-state index contributed by atoms with van der Waals surface area (Å²) in [5, 5.41) is 8.92. The fourth-order valence-corrected chi connectivity index (χ4v) is 2.80. The van der Waals surface area contributed by atoms with Crippen LogP contribution >= 0.6 is 0 Å². The summed E-state index contributed by atoms with van der Waals surface area (Å²) >= 11 is 0. The first-order chi connectivity index (χ1) is 5.46. The molecule has 0 saturated heterocycles. The predicted molar refractivity (Wildman–Crippen MR) is 45.7 cm³/mol. The topological polar surface area (TPSA) is 37.3 Å². The van der Waals surface area contributed by atoms with Gasteiger partial charge in [0.15, 0.2) is 0 Å². The molecule has 1 N–H and O–H groups in total. The lowest BCUT2D eigenvalue weighted by molar-refractivity contribution is -0.139. The van der Waals surface area contributed by atoms with E-state index >= 15 is 0 Å². The second kappa shape index (κ2) is 2.04. The minimum Gasteiger partial charge on any atom is -0.481 e. The number of hydrogen-bond donors (Lipinski definition) is 1. The first kappa shape index (κ1) is 8.09. The Kier molecular flexibility index (Phi) is 1.37. The number of rotatable bonds is 2. The van der Waals surface area contributed by atoms with Crippen LogP contribution in [-0.4, -0.2) is 11.1 Å². The van der Waals surface area contributed by atoms with Crippen LogP contribution in [0.25, 0.3) is 0 Å². The minimum absolute atomic E-state index is 0.0625. The molecule has 0 spiro atoms. The summed E-state index contributed by atoms with van der Waals surface area (Å²) in [6, 6.07) is 0. The highest BCUT2D eigenvalue weighted by molar-refractivity contribution is 5.75. The Hall–Kier alpha value is -0.530. The minimum atomic E-state index is -0.593. The third-order valence-electron chi connectivity index (χ3n) is 3.81. The quantitative estimate of drug-likeness (QED) is 0.684. The van der Waals surface area contributed by atoms with Gasteiger partial charge in [0.2, 0.25) is 0 Å². The van der Waals surface area contributed by atoms with Crippen LogP contribution in [0, 0.1) is 29.1 Å². The summed E-state index contributed by atoms with van der Waals surface area (Å²) in [6.07, 6.45) is 1.25. The van der Waals surface area contributed by atoms with Crippen molar-refractivity contribution in [3.63, 3.8) is 0 Å². The molecule has 0 radical (unpaired) electrons. The van der Waals surface area contributed by atoms with Crippen LogP contribution in [0.1, 0.15) is 27.2 Å². The highest BCUT2D eigenvalue weighted by Gasteiger charge is 2.68. The van der Waals surface area contributed by atoms with Gasteiger partial charge in [0.1, 0.15) is 0 Å². The summed E-state index contributed by atoms with van der Waals surface area (Å²) < 4.78 is 0. The van der Waals surface area contributed by atoms with E-state index in [1.807, 2.05) is 0 Å². The number of carbonyl (C=O) groups is 1. The molecular formula is C10H16O2. The van der Waals surface area contributed by atoms with Crippen molar-refractivity contribution < 1.29 is 9.90 Å². The van der Waals surface area contributed by atoms with E-state index in [2.05, 4.69) is 20.8 Å². The molecule has 2 saturated carbocycles. The standard InChI is InChI=1S/C10H16O2/c1-5-4-6(5)7-8(9(11)12)10(7,2)3/h5-8H,4H2,1-3H3,(H,11,12). The lowest BCUT2D eigenvalue weighted by atomic mass is 10.1.